The van der Waals surface area contributed by atoms with E-state index in [1.54, 1.807) is 41.5 Å². The fraction of sp³-hybridized carbons (Fsp3) is 0.676. The number of anilines is 1. The summed E-state index contributed by atoms with van der Waals surface area (Å²) in [7, 11) is -4.67. The Morgan fingerprint density at radius 2 is 1.65 bits per heavy atom. The van der Waals surface area contributed by atoms with Crippen molar-refractivity contribution in [2.75, 3.05) is 25.7 Å². The molecule has 20 heteroatoms. The topological polar surface area (TPSA) is 251 Å². The van der Waals surface area contributed by atoms with Gasteiger partial charge in [-0.05, 0) is 38.8 Å². The van der Waals surface area contributed by atoms with Gasteiger partial charge in [-0.25, -0.2) is 23.9 Å². The first-order chi connectivity index (χ1) is 25.4. The lowest BCUT2D eigenvalue weighted by Crippen LogP contribution is -2.47. The van der Waals surface area contributed by atoms with Crippen molar-refractivity contribution in [2.24, 2.45) is 17.8 Å². The van der Waals surface area contributed by atoms with Crippen molar-refractivity contribution >= 4 is 43.1 Å². The van der Waals surface area contributed by atoms with Gasteiger partial charge in [0.2, 0.25) is 12.4 Å². The van der Waals surface area contributed by atoms with Crippen LogP contribution >= 0.6 is 7.75 Å². The number of nitrogens with two attached hydrogens (primary N) is 1. The average molecular weight is 783 g/mol. The summed E-state index contributed by atoms with van der Waals surface area (Å²) in [6.07, 6.45) is -3.65. The Kier molecular flexibility index (Phi) is 15.8. The molecule has 0 spiro atoms. The van der Waals surface area contributed by atoms with Crippen LogP contribution in [0.1, 0.15) is 80.8 Å². The molecule has 54 heavy (non-hydrogen) atoms. The second-order valence-corrected chi connectivity index (χ2v) is 15.3. The van der Waals surface area contributed by atoms with Crippen LogP contribution in [0.3, 0.4) is 0 Å². The van der Waals surface area contributed by atoms with Gasteiger partial charge >= 0.3 is 31.8 Å². The van der Waals surface area contributed by atoms with Gasteiger partial charge in [-0.2, -0.15) is 10.4 Å². The first-order valence-electron chi connectivity index (χ1n) is 17.7. The quantitative estimate of drug-likeness (QED) is 0.0877. The molecule has 0 bridgehead atoms. The molecule has 1 aliphatic rings. The number of ether oxygens (including phenoxy) is 6. The van der Waals surface area contributed by atoms with E-state index in [-0.39, 0.29) is 24.0 Å². The van der Waals surface area contributed by atoms with Gasteiger partial charge in [0.1, 0.15) is 30.1 Å². The lowest BCUT2D eigenvalue weighted by Gasteiger charge is -2.29. The number of aromatic nitrogens is 3. The van der Waals surface area contributed by atoms with Crippen molar-refractivity contribution in [3.05, 3.63) is 24.2 Å². The van der Waals surface area contributed by atoms with E-state index >= 15 is 0 Å². The number of nitrogens with zero attached hydrogens (tertiary/aromatic N) is 4. The van der Waals surface area contributed by atoms with Crippen molar-refractivity contribution in [3.63, 3.8) is 0 Å². The number of carbonyl (C=O) groups is 4. The van der Waals surface area contributed by atoms with Crippen LogP contribution in [0.2, 0.25) is 0 Å². The molecule has 1 fully saturated rings. The molecular formula is C34H51N6O13P. The molecule has 2 aromatic heterocycles. The molecule has 1 saturated heterocycles. The largest absolute Gasteiger partial charge is 0.510 e. The van der Waals surface area contributed by atoms with Crippen molar-refractivity contribution < 1.29 is 61.2 Å². The number of hydrogen-bond donors (Lipinski definition) is 2. The lowest BCUT2D eigenvalue weighted by molar-refractivity contribution is -0.173. The first kappa shape index (κ1) is 44.1. The zero-order valence-corrected chi connectivity index (χ0v) is 32.9. The van der Waals surface area contributed by atoms with E-state index in [4.69, 9.17) is 43.2 Å². The van der Waals surface area contributed by atoms with Crippen LogP contribution in [0.4, 0.5) is 10.6 Å². The highest BCUT2D eigenvalue weighted by atomic mass is 31.2. The van der Waals surface area contributed by atoms with Gasteiger partial charge in [-0.15, -0.1) is 0 Å². The molecule has 0 aliphatic carbocycles. The smallest absolute Gasteiger partial charge is 0.464 e. The van der Waals surface area contributed by atoms with Crippen molar-refractivity contribution in [1.29, 1.82) is 5.26 Å². The number of hydrogen-bond acceptors (Lipinski definition) is 17. The average Bonchev–Trinajstić information content (AvgIpc) is 3.67. The molecule has 6 atom stereocenters. The number of nitriles is 1. The maximum atomic E-state index is 14.3. The molecular weight excluding hydrogens is 731 g/mol. The van der Waals surface area contributed by atoms with Gasteiger partial charge in [-0.1, -0.05) is 54.4 Å². The predicted octanol–water partition coefficient (Wildman–Crippen LogP) is 4.18. The molecule has 0 saturated carbocycles. The van der Waals surface area contributed by atoms with Gasteiger partial charge < -0.3 is 34.2 Å². The summed E-state index contributed by atoms with van der Waals surface area (Å²) in [6, 6.07) is 3.78. The number of fused-ring (bicyclic) bond motifs is 1. The molecule has 2 aromatic rings. The Labute approximate surface area is 314 Å². The SMILES string of the molecule is CCC(CC)COC(=O)[C@H](C)N[P@@](=O)(OCOC(=O)OC(C)C)OC[C@H]1O[C@@](C#N)(c2ccc3c(N)ncnn23)[C@H](OC(=O)C(C)C)[C@@H]1OC(=O)C(C)C. The van der Waals surface area contributed by atoms with Crippen molar-refractivity contribution in [1.82, 2.24) is 19.7 Å². The Bertz CT molecular complexity index is 1710. The minimum absolute atomic E-state index is 0.0344. The zero-order chi connectivity index (χ0) is 40.4. The number of esters is 3. The third kappa shape index (κ3) is 10.9. The molecule has 1 aliphatic heterocycles. The summed E-state index contributed by atoms with van der Waals surface area (Å²) in [5, 5.41) is 17.5. The van der Waals surface area contributed by atoms with E-state index in [0.717, 1.165) is 19.2 Å². The second kappa shape index (κ2) is 19.3. The third-order valence-electron chi connectivity index (χ3n) is 8.33. The maximum absolute atomic E-state index is 14.3. The van der Waals surface area contributed by atoms with E-state index in [1.165, 1.54) is 23.6 Å². The van der Waals surface area contributed by atoms with E-state index in [0.29, 0.717) is 5.52 Å². The molecule has 3 N–H and O–H groups in total. The minimum Gasteiger partial charge on any atom is -0.464 e. The summed E-state index contributed by atoms with van der Waals surface area (Å²) in [5.74, 6) is -3.48. The van der Waals surface area contributed by atoms with Gasteiger partial charge in [0.05, 0.1) is 36.8 Å². The van der Waals surface area contributed by atoms with Gasteiger partial charge in [0, 0.05) is 0 Å². The van der Waals surface area contributed by atoms with Crippen LogP contribution in [0.25, 0.3) is 5.52 Å². The Hall–Kier alpha value is -4.34. The Morgan fingerprint density at radius 1 is 1.00 bits per heavy atom. The summed E-state index contributed by atoms with van der Waals surface area (Å²) in [5.41, 5.74) is 4.16. The molecule has 0 amide bonds. The van der Waals surface area contributed by atoms with E-state index in [9.17, 15) is 29.0 Å². The van der Waals surface area contributed by atoms with E-state index in [1.807, 2.05) is 13.8 Å². The van der Waals surface area contributed by atoms with Gasteiger partial charge in [-0.3, -0.25) is 23.4 Å². The number of rotatable bonds is 19. The number of carbonyl (C=O) groups excluding carboxylic acids is 4. The molecule has 0 unspecified atom stereocenters. The molecule has 19 nitrogen and oxygen atoms in total. The van der Waals surface area contributed by atoms with Crippen LogP contribution < -0.4 is 10.8 Å². The Balaban J connectivity index is 2.05. The number of nitrogens with one attached hydrogen (secondary N) is 1. The number of nitrogen functional groups attached to an aromatic ring is 1. The van der Waals surface area contributed by atoms with Crippen molar-refractivity contribution in [2.45, 2.75) is 111 Å². The molecule has 3 rings (SSSR count). The predicted molar refractivity (Wildman–Crippen MR) is 189 cm³/mol. The van der Waals surface area contributed by atoms with Crippen LogP contribution in [-0.4, -0.2) is 89.1 Å². The summed E-state index contributed by atoms with van der Waals surface area (Å²) >= 11 is 0. The summed E-state index contributed by atoms with van der Waals surface area (Å²) in [4.78, 5) is 55.2. The monoisotopic (exact) mass is 782 g/mol. The maximum Gasteiger partial charge on any atom is 0.510 e. The van der Waals surface area contributed by atoms with Gasteiger partial charge in [0.15, 0.2) is 18.0 Å². The standard InChI is InChI=1S/C34H51N6O13P/c1-10-23(11-2)14-46-32(43)22(9)39-54(45,49-18-47-33(44)50-21(7)8)48-15-25-27(51-30(41)19(3)4)28(52-31(42)20(5)6)34(16-35,53-25)26-13-12-24-29(36)37-17-38-40(24)26/h12-13,17,19-23,25,27-28H,10-11,14-15,18H2,1-9H3,(H,39,45)(H2,36,37,38)/t22-,25+,27+,28+,34-,54-/m0/s1. The zero-order valence-electron chi connectivity index (χ0n) is 32.0. The van der Waals surface area contributed by atoms with E-state index < -0.39 is 93.1 Å². The minimum atomic E-state index is -4.67. The van der Waals surface area contributed by atoms with Crippen LogP contribution in [0.5, 0.6) is 0 Å². The van der Waals surface area contributed by atoms with Gasteiger partial charge in [0.25, 0.3) is 0 Å². The first-order valence-corrected chi connectivity index (χ1v) is 19.2. The van der Waals surface area contributed by atoms with Crippen LogP contribution in [-0.2, 0) is 62.0 Å². The lowest BCUT2D eigenvalue weighted by atomic mass is 9.92. The molecule has 0 radical (unpaired) electrons. The highest BCUT2D eigenvalue weighted by molar-refractivity contribution is 7.51. The van der Waals surface area contributed by atoms with Crippen molar-refractivity contribution in [3.8, 4) is 6.07 Å². The summed E-state index contributed by atoms with van der Waals surface area (Å²) in [6.45, 7) is 13.1. The van der Waals surface area contributed by atoms with Crippen LogP contribution in [0.15, 0.2) is 18.5 Å². The molecule has 0 aromatic carbocycles. The van der Waals surface area contributed by atoms with Crippen LogP contribution in [0, 0.1) is 29.1 Å². The fourth-order valence-corrected chi connectivity index (χ4v) is 6.47. The highest BCUT2D eigenvalue weighted by Gasteiger charge is 2.63. The fourth-order valence-electron chi connectivity index (χ4n) is 5.13. The summed E-state index contributed by atoms with van der Waals surface area (Å²) < 4.78 is 59.9. The Morgan fingerprint density at radius 3 is 2.24 bits per heavy atom. The normalized spacial score (nSPS) is 21.5. The van der Waals surface area contributed by atoms with E-state index in [2.05, 4.69) is 21.2 Å². The third-order valence-corrected chi connectivity index (χ3v) is 9.97. The molecule has 300 valence electrons. The molecule has 3 heterocycles. The second-order valence-electron chi connectivity index (χ2n) is 13.5. The highest BCUT2D eigenvalue weighted by Crippen LogP contribution is 2.48.